The Labute approximate surface area is 152 Å². The van der Waals surface area contributed by atoms with Crippen molar-refractivity contribution in [2.75, 3.05) is 33.1 Å². The smallest absolute Gasteiger partial charge is 0.243 e. The lowest BCUT2D eigenvalue weighted by atomic mass is 10.2. The van der Waals surface area contributed by atoms with Gasteiger partial charge in [-0.3, -0.25) is 9.79 Å². The maximum Gasteiger partial charge on any atom is 0.243 e. The molecule has 0 fully saturated rings. The molecular weight excluding hydrogens is 335 g/mol. The number of hydrogen-bond donors (Lipinski definition) is 2. The van der Waals surface area contributed by atoms with Gasteiger partial charge in [0, 0.05) is 26.3 Å². The molecule has 138 valence electrons. The summed E-state index contributed by atoms with van der Waals surface area (Å²) in [6, 6.07) is 13.4. The first-order valence-electron chi connectivity index (χ1n) is 8.12. The first kappa shape index (κ1) is 19.2. The van der Waals surface area contributed by atoms with Gasteiger partial charge in [-0.1, -0.05) is 12.1 Å². The average molecular weight is 358 g/mol. The number of guanidine groups is 1. The third-order valence-electron chi connectivity index (χ3n) is 3.69. The summed E-state index contributed by atoms with van der Waals surface area (Å²) < 4.78 is 18.0. The van der Waals surface area contributed by atoms with Gasteiger partial charge in [-0.15, -0.1) is 0 Å². The summed E-state index contributed by atoms with van der Waals surface area (Å²) in [7, 11) is 5.17. The largest absolute Gasteiger partial charge is 0.497 e. The normalized spacial score (nSPS) is 11.0. The first-order chi connectivity index (χ1) is 12.5. The van der Waals surface area contributed by atoms with Gasteiger partial charge in [0.15, 0.2) is 5.96 Å². The molecule has 0 atom stereocenters. The number of nitrogens with one attached hydrogen (secondary N) is 2. The Morgan fingerprint density at radius 3 is 2.38 bits per heavy atom. The molecule has 0 aliphatic heterocycles. The Morgan fingerprint density at radius 2 is 1.81 bits per heavy atom. The average Bonchev–Trinajstić information content (AvgIpc) is 2.64. The zero-order valence-electron chi connectivity index (χ0n) is 15.1. The Hall–Kier alpha value is -3.09. The highest BCUT2D eigenvalue weighted by Crippen LogP contribution is 2.12. The van der Waals surface area contributed by atoms with Crippen molar-refractivity contribution < 1.29 is 13.9 Å². The number of anilines is 1. The van der Waals surface area contributed by atoms with E-state index in [2.05, 4.69) is 15.6 Å². The van der Waals surface area contributed by atoms with Crippen molar-refractivity contribution in [2.45, 2.75) is 6.54 Å². The zero-order valence-corrected chi connectivity index (χ0v) is 15.1. The van der Waals surface area contributed by atoms with E-state index in [0.717, 1.165) is 11.3 Å². The molecule has 2 N–H and O–H groups in total. The minimum Gasteiger partial charge on any atom is -0.497 e. The fourth-order valence-electron chi connectivity index (χ4n) is 2.36. The number of halogens is 1. The van der Waals surface area contributed by atoms with Gasteiger partial charge in [0.25, 0.3) is 0 Å². The Balaban J connectivity index is 1.85. The van der Waals surface area contributed by atoms with Crippen LogP contribution in [0.1, 0.15) is 5.56 Å². The predicted molar refractivity (Wildman–Crippen MR) is 101 cm³/mol. The van der Waals surface area contributed by atoms with Gasteiger partial charge in [-0.25, -0.2) is 4.39 Å². The van der Waals surface area contributed by atoms with Gasteiger partial charge in [0.1, 0.15) is 11.6 Å². The molecule has 0 saturated heterocycles. The van der Waals surface area contributed by atoms with Gasteiger partial charge >= 0.3 is 0 Å². The standard InChI is InChI=1S/C19H23FN4O2/c1-21-19(24(2)13-14-4-10-17(26-3)11-5-14)22-12-18(25)23-16-8-6-15(20)7-9-16/h4-11H,12-13H2,1-3H3,(H,21,22)(H,23,25). The summed E-state index contributed by atoms with van der Waals surface area (Å²) in [6.45, 7) is 0.681. The molecule has 1 amide bonds. The number of carbonyl (C=O) groups excluding carboxylic acids is 1. The highest BCUT2D eigenvalue weighted by molar-refractivity contribution is 5.94. The van der Waals surface area contributed by atoms with Crippen LogP contribution in [-0.4, -0.2) is 44.5 Å². The number of nitrogens with zero attached hydrogens (tertiary/aromatic N) is 2. The van der Waals surface area contributed by atoms with Crippen LogP contribution >= 0.6 is 0 Å². The molecule has 2 aromatic rings. The van der Waals surface area contributed by atoms with E-state index in [1.165, 1.54) is 24.3 Å². The molecule has 0 spiro atoms. The van der Waals surface area contributed by atoms with E-state index >= 15 is 0 Å². The maximum atomic E-state index is 12.9. The summed E-state index contributed by atoms with van der Waals surface area (Å²) in [5.74, 6) is 0.809. The van der Waals surface area contributed by atoms with Crippen molar-refractivity contribution in [1.29, 1.82) is 0 Å². The van der Waals surface area contributed by atoms with Crippen molar-refractivity contribution in [1.82, 2.24) is 10.2 Å². The summed E-state index contributed by atoms with van der Waals surface area (Å²) >= 11 is 0. The molecule has 0 bridgehead atoms. The molecule has 6 nitrogen and oxygen atoms in total. The molecular formula is C19H23FN4O2. The molecule has 0 aliphatic rings. The van der Waals surface area contributed by atoms with E-state index in [-0.39, 0.29) is 18.3 Å². The Morgan fingerprint density at radius 1 is 1.15 bits per heavy atom. The third-order valence-corrected chi connectivity index (χ3v) is 3.69. The second kappa shape index (κ2) is 9.41. The van der Waals surface area contributed by atoms with Crippen LogP contribution in [0, 0.1) is 5.82 Å². The molecule has 0 unspecified atom stereocenters. The molecule has 7 heteroatoms. The molecule has 0 radical (unpaired) electrons. The lowest BCUT2D eigenvalue weighted by molar-refractivity contribution is -0.115. The van der Waals surface area contributed by atoms with Crippen molar-refractivity contribution in [3.8, 4) is 5.75 Å². The number of hydrogen-bond acceptors (Lipinski definition) is 3. The van der Waals surface area contributed by atoms with Crippen LogP contribution in [0.5, 0.6) is 5.75 Å². The number of carbonyl (C=O) groups is 1. The summed E-state index contributed by atoms with van der Waals surface area (Å²) in [5, 5.41) is 5.70. The molecule has 0 aromatic heterocycles. The van der Waals surface area contributed by atoms with Crippen molar-refractivity contribution in [2.24, 2.45) is 4.99 Å². The number of benzene rings is 2. The van der Waals surface area contributed by atoms with E-state index in [1.807, 2.05) is 36.2 Å². The van der Waals surface area contributed by atoms with Crippen LogP contribution in [0.2, 0.25) is 0 Å². The van der Waals surface area contributed by atoms with Crippen molar-refractivity contribution in [3.05, 3.63) is 59.9 Å². The second-order valence-corrected chi connectivity index (χ2v) is 5.66. The summed E-state index contributed by atoms with van der Waals surface area (Å²) in [4.78, 5) is 18.1. The van der Waals surface area contributed by atoms with Crippen LogP contribution in [0.15, 0.2) is 53.5 Å². The topological polar surface area (TPSA) is 66.0 Å². The predicted octanol–water partition coefficient (Wildman–Crippen LogP) is 2.48. The van der Waals surface area contributed by atoms with E-state index in [4.69, 9.17) is 4.74 Å². The number of methoxy groups -OCH3 is 1. The minimum atomic E-state index is -0.346. The van der Waals surface area contributed by atoms with Gasteiger partial charge < -0.3 is 20.3 Å². The van der Waals surface area contributed by atoms with Crippen LogP contribution in [0.3, 0.4) is 0 Å². The van der Waals surface area contributed by atoms with E-state index in [1.54, 1.807) is 14.2 Å². The van der Waals surface area contributed by atoms with Crippen LogP contribution < -0.4 is 15.4 Å². The van der Waals surface area contributed by atoms with E-state index in [0.29, 0.717) is 18.2 Å². The first-order valence-corrected chi connectivity index (χ1v) is 8.12. The summed E-state index contributed by atoms with van der Waals surface area (Å²) in [6.07, 6.45) is 0. The number of aliphatic imine (C=N–C) groups is 1. The molecule has 26 heavy (non-hydrogen) atoms. The van der Waals surface area contributed by atoms with Crippen molar-refractivity contribution >= 4 is 17.6 Å². The lowest BCUT2D eigenvalue weighted by Gasteiger charge is -2.22. The third kappa shape index (κ3) is 5.77. The minimum absolute atomic E-state index is 0.0526. The monoisotopic (exact) mass is 358 g/mol. The van der Waals surface area contributed by atoms with Gasteiger partial charge in [0.05, 0.1) is 13.7 Å². The van der Waals surface area contributed by atoms with E-state index in [9.17, 15) is 9.18 Å². The quantitative estimate of drug-likeness (QED) is 0.615. The van der Waals surface area contributed by atoms with E-state index < -0.39 is 0 Å². The summed E-state index contributed by atoms with van der Waals surface area (Å²) in [5.41, 5.74) is 1.63. The molecule has 2 rings (SSSR count). The Kier molecular flexibility index (Phi) is 6.96. The number of amides is 1. The molecule has 0 saturated carbocycles. The fraction of sp³-hybridized carbons (Fsp3) is 0.263. The SMILES string of the molecule is CN=C(NCC(=O)Nc1ccc(F)cc1)N(C)Cc1ccc(OC)cc1. The Bertz CT molecular complexity index is 745. The van der Waals surface area contributed by atoms with Gasteiger partial charge in [-0.2, -0.15) is 0 Å². The van der Waals surface area contributed by atoms with Gasteiger partial charge in [0.2, 0.25) is 5.91 Å². The molecule has 2 aromatic carbocycles. The highest BCUT2D eigenvalue weighted by Gasteiger charge is 2.09. The second-order valence-electron chi connectivity index (χ2n) is 5.66. The lowest BCUT2D eigenvalue weighted by Crippen LogP contribution is -2.42. The molecule has 0 heterocycles. The number of ether oxygens (including phenoxy) is 1. The van der Waals surface area contributed by atoms with Gasteiger partial charge in [-0.05, 0) is 42.0 Å². The van der Waals surface area contributed by atoms with Crippen LogP contribution in [0.25, 0.3) is 0 Å². The maximum absolute atomic E-state index is 12.9. The highest BCUT2D eigenvalue weighted by atomic mass is 19.1. The fourth-order valence-corrected chi connectivity index (χ4v) is 2.36. The number of rotatable bonds is 6. The van der Waals surface area contributed by atoms with Crippen molar-refractivity contribution in [3.63, 3.8) is 0 Å². The van der Waals surface area contributed by atoms with Crippen LogP contribution in [0.4, 0.5) is 10.1 Å². The molecule has 0 aliphatic carbocycles. The van der Waals surface area contributed by atoms with Crippen LogP contribution in [-0.2, 0) is 11.3 Å². The zero-order chi connectivity index (χ0) is 18.9.